The lowest BCUT2D eigenvalue weighted by atomic mass is 10.2. The van der Waals surface area contributed by atoms with Crippen LogP contribution in [0, 0.1) is 5.82 Å². The van der Waals surface area contributed by atoms with Gasteiger partial charge in [0.1, 0.15) is 11.0 Å². The molecule has 1 aliphatic heterocycles. The fraction of sp³-hybridized carbons (Fsp3) is 0.200. The molecule has 1 N–H and O–H groups in total. The van der Waals surface area contributed by atoms with Crippen molar-refractivity contribution in [2.24, 2.45) is 0 Å². The number of hydrogen-bond acceptors (Lipinski definition) is 4. The Balaban J connectivity index is 1.38. The number of pyridine rings is 1. The Kier molecular flexibility index (Phi) is 7.60. The molecule has 0 atom stereocenters. The highest BCUT2D eigenvalue weighted by Crippen LogP contribution is 2.28. The summed E-state index contributed by atoms with van der Waals surface area (Å²) in [5.41, 5.74) is 2.70. The fourth-order valence-electron chi connectivity index (χ4n) is 3.71. The molecule has 8 heteroatoms. The third kappa shape index (κ3) is 6.32. The molecule has 1 amide bonds. The molecule has 1 aromatic heterocycles. The SMILES string of the molecule is O=C(Nc1cc(F)ccc1N1CCN(C/C=C/c2ccc(Cl)cc2)CC1)c1ccnc(Cl)c1. The highest BCUT2D eigenvalue weighted by atomic mass is 35.5. The molecule has 2 aromatic carbocycles. The molecule has 5 nitrogen and oxygen atoms in total. The van der Waals surface area contributed by atoms with E-state index in [0.717, 1.165) is 49.0 Å². The van der Waals surface area contributed by atoms with Crippen LogP contribution in [0.1, 0.15) is 15.9 Å². The largest absolute Gasteiger partial charge is 0.367 e. The van der Waals surface area contributed by atoms with Crippen molar-refractivity contribution in [3.05, 3.63) is 94.0 Å². The minimum absolute atomic E-state index is 0.225. The van der Waals surface area contributed by atoms with Gasteiger partial charge >= 0.3 is 0 Å². The standard InChI is InChI=1S/C25H23Cl2FN4O/c26-20-5-3-18(4-6-20)2-1-11-31-12-14-32(15-13-31)23-8-7-21(28)17-22(23)30-25(33)19-9-10-29-24(27)16-19/h1-10,16-17H,11-15H2,(H,30,33)/b2-1+. The van der Waals surface area contributed by atoms with Crippen LogP contribution in [0.2, 0.25) is 10.2 Å². The van der Waals surface area contributed by atoms with Gasteiger partial charge in [0.25, 0.3) is 5.91 Å². The van der Waals surface area contributed by atoms with Crippen LogP contribution in [0.4, 0.5) is 15.8 Å². The van der Waals surface area contributed by atoms with E-state index in [1.807, 2.05) is 24.3 Å². The van der Waals surface area contributed by atoms with Gasteiger partial charge in [0.05, 0.1) is 11.4 Å². The molecule has 1 aliphatic rings. The molecule has 3 aromatic rings. The first-order chi connectivity index (χ1) is 16.0. The van der Waals surface area contributed by atoms with Crippen molar-refractivity contribution < 1.29 is 9.18 Å². The Morgan fingerprint density at radius 2 is 1.79 bits per heavy atom. The number of carbonyl (C=O) groups excluding carboxylic acids is 1. The number of amides is 1. The maximum absolute atomic E-state index is 14.0. The lowest BCUT2D eigenvalue weighted by Gasteiger charge is -2.36. The van der Waals surface area contributed by atoms with Gasteiger partial charge in [0, 0.05) is 49.5 Å². The molecule has 0 aliphatic carbocycles. The number of piperazine rings is 1. The summed E-state index contributed by atoms with van der Waals surface area (Å²) < 4.78 is 14.0. The first-order valence-corrected chi connectivity index (χ1v) is 11.4. The summed E-state index contributed by atoms with van der Waals surface area (Å²) in [4.78, 5) is 21.1. The summed E-state index contributed by atoms with van der Waals surface area (Å²) in [5, 5.41) is 3.77. The first kappa shape index (κ1) is 23.2. The minimum atomic E-state index is -0.409. The number of hydrogen-bond donors (Lipinski definition) is 1. The lowest BCUT2D eigenvalue weighted by Crippen LogP contribution is -2.46. The molecule has 2 heterocycles. The Hall–Kier alpha value is -2.93. The Morgan fingerprint density at radius 3 is 2.52 bits per heavy atom. The van der Waals surface area contributed by atoms with Crippen LogP contribution in [-0.4, -0.2) is 48.5 Å². The highest BCUT2D eigenvalue weighted by Gasteiger charge is 2.20. The van der Waals surface area contributed by atoms with E-state index in [9.17, 15) is 9.18 Å². The zero-order valence-electron chi connectivity index (χ0n) is 17.8. The van der Waals surface area contributed by atoms with Crippen LogP contribution < -0.4 is 10.2 Å². The number of anilines is 2. The van der Waals surface area contributed by atoms with Gasteiger partial charge in [-0.25, -0.2) is 9.37 Å². The third-order valence-electron chi connectivity index (χ3n) is 5.45. The average molecular weight is 485 g/mol. The molecule has 1 fully saturated rings. The summed E-state index contributed by atoms with van der Waals surface area (Å²) in [6, 6.07) is 15.2. The van der Waals surface area contributed by atoms with Crippen LogP contribution in [0.25, 0.3) is 6.08 Å². The van der Waals surface area contributed by atoms with Crippen LogP contribution in [-0.2, 0) is 0 Å². The van der Waals surface area contributed by atoms with Crippen molar-refractivity contribution >= 4 is 46.6 Å². The van der Waals surface area contributed by atoms with Crippen molar-refractivity contribution in [2.75, 3.05) is 42.9 Å². The molecule has 33 heavy (non-hydrogen) atoms. The Morgan fingerprint density at radius 1 is 1.03 bits per heavy atom. The summed E-state index contributed by atoms with van der Waals surface area (Å²) in [5.74, 6) is -0.773. The second-order valence-corrected chi connectivity index (χ2v) is 8.55. The molecule has 0 spiro atoms. The maximum atomic E-state index is 14.0. The lowest BCUT2D eigenvalue weighted by molar-refractivity contribution is 0.102. The van der Waals surface area contributed by atoms with Gasteiger partial charge in [-0.05, 0) is 48.0 Å². The topological polar surface area (TPSA) is 48.5 Å². The van der Waals surface area contributed by atoms with E-state index in [-0.39, 0.29) is 11.1 Å². The summed E-state index contributed by atoms with van der Waals surface area (Å²) in [7, 11) is 0. The molecular weight excluding hydrogens is 462 g/mol. The van der Waals surface area contributed by atoms with Crippen LogP contribution >= 0.6 is 23.2 Å². The third-order valence-corrected chi connectivity index (χ3v) is 5.91. The van der Waals surface area contributed by atoms with Crippen molar-refractivity contribution in [3.63, 3.8) is 0 Å². The number of rotatable bonds is 6. The van der Waals surface area contributed by atoms with Crippen molar-refractivity contribution in [1.82, 2.24) is 9.88 Å². The van der Waals surface area contributed by atoms with Gasteiger partial charge < -0.3 is 10.2 Å². The summed E-state index contributed by atoms with van der Waals surface area (Å²) in [6.45, 7) is 4.09. The number of nitrogens with zero attached hydrogens (tertiary/aromatic N) is 3. The summed E-state index contributed by atoms with van der Waals surface area (Å²) >= 11 is 11.8. The van der Waals surface area contributed by atoms with E-state index in [1.54, 1.807) is 12.1 Å². The number of nitrogens with one attached hydrogen (secondary N) is 1. The van der Waals surface area contributed by atoms with Gasteiger partial charge in [-0.3, -0.25) is 9.69 Å². The van der Waals surface area contributed by atoms with E-state index in [2.05, 4.69) is 32.3 Å². The zero-order chi connectivity index (χ0) is 23.2. The second-order valence-electron chi connectivity index (χ2n) is 7.72. The van der Waals surface area contributed by atoms with Crippen LogP contribution in [0.15, 0.2) is 66.9 Å². The molecule has 0 saturated carbocycles. The monoisotopic (exact) mass is 484 g/mol. The van der Waals surface area contributed by atoms with Crippen LogP contribution in [0.5, 0.6) is 0 Å². The number of carbonyl (C=O) groups is 1. The van der Waals surface area contributed by atoms with E-state index >= 15 is 0 Å². The van der Waals surface area contributed by atoms with Gasteiger partial charge in [-0.1, -0.05) is 47.5 Å². The quantitative estimate of drug-likeness (QED) is 0.461. The number of halogens is 3. The normalized spacial score (nSPS) is 14.6. The van der Waals surface area contributed by atoms with E-state index in [1.165, 1.54) is 24.4 Å². The van der Waals surface area contributed by atoms with Crippen molar-refractivity contribution in [1.29, 1.82) is 0 Å². The summed E-state index contributed by atoms with van der Waals surface area (Å²) in [6.07, 6.45) is 5.69. The predicted molar refractivity (Wildman–Crippen MR) is 133 cm³/mol. The Labute approximate surface area is 202 Å². The van der Waals surface area contributed by atoms with E-state index < -0.39 is 5.82 Å². The van der Waals surface area contributed by atoms with Crippen molar-refractivity contribution in [2.45, 2.75) is 0 Å². The maximum Gasteiger partial charge on any atom is 0.255 e. The molecular formula is C25H23Cl2FN4O. The van der Waals surface area contributed by atoms with Gasteiger partial charge in [0.2, 0.25) is 0 Å². The van der Waals surface area contributed by atoms with Gasteiger partial charge in [0.15, 0.2) is 0 Å². The molecule has 0 radical (unpaired) electrons. The molecule has 0 unspecified atom stereocenters. The first-order valence-electron chi connectivity index (χ1n) is 10.6. The average Bonchev–Trinajstić information content (AvgIpc) is 2.81. The molecule has 0 bridgehead atoms. The van der Waals surface area contributed by atoms with Crippen molar-refractivity contribution in [3.8, 4) is 0 Å². The second kappa shape index (κ2) is 10.8. The number of benzene rings is 2. The fourth-order valence-corrected chi connectivity index (χ4v) is 4.01. The molecule has 170 valence electrons. The predicted octanol–water partition coefficient (Wildman–Crippen LogP) is 5.62. The van der Waals surface area contributed by atoms with Gasteiger partial charge in [-0.15, -0.1) is 0 Å². The highest BCUT2D eigenvalue weighted by molar-refractivity contribution is 6.30. The number of aromatic nitrogens is 1. The smallest absolute Gasteiger partial charge is 0.255 e. The minimum Gasteiger partial charge on any atom is -0.367 e. The molecule has 4 rings (SSSR count). The molecule has 1 saturated heterocycles. The van der Waals surface area contributed by atoms with E-state index in [0.29, 0.717) is 11.3 Å². The zero-order valence-corrected chi connectivity index (χ0v) is 19.4. The van der Waals surface area contributed by atoms with Gasteiger partial charge in [-0.2, -0.15) is 0 Å². The Bertz CT molecular complexity index is 1150. The van der Waals surface area contributed by atoms with E-state index in [4.69, 9.17) is 23.2 Å². The van der Waals surface area contributed by atoms with Crippen LogP contribution in [0.3, 0.4) is 0 Å².